The molecule has 2 rings (SSSR count). The maximum atomic E-state index is 12.6. The average Bonchev–Trinajstić information content (AvgIpc) is 3.16. The summed E-state index contributed by atoms with van der Waals surface area (Å²) < 4.78 is 5.08. The summed E-state index contributed by atoms with van der Waals surface area (Å²) in [5.74, 6) is 2.25. The minimum atomic E-state index is -0.667. The van der Waals surface area contributed by atoms with Crippen LogP contribution in [0.4, 0.5) is 5.69 Å². The Bertz CT molecular complexity index is 797. The lowest BCUT2D eigenvalue weighted by molar-refractivity contribution is 0.0915. The van der Waals surface area contributed by atoms with Crippen molar-refractivity contribution in [2.24, 2.45) is 0 Å². The normalized spacial score (nSPS) is 10.8. The van der Waals surface area contributed by atoms with E-state index < -0.39 is 5.54 Å². The molecule has 5 heteroatoms. The van der Waals surface area contributed by atoms with Crippen LogP contribution in [0.5, 0.6) is 0 Å². The molecule has 2 N–H and O–H groups in total. The lowest BCUT2D eigenvalue weighted by Gasteiger charge is -2.27. The first-order valence-corrected chi connectivity index (χ1v) is 8.20. The molecule has 1 heterocycles. The standard InChI is InChI=1S/C20H22N2O3/c1-5-20(6-2,7-3)22-18(23)15-11-10-14(4)16(13-15)21-19(24)17-9-8-12-25-17/h1,8-13H,6-7H2,2-4H3,(H,21,24)(H,22,23). The second-order valence-corrected chi connectivity index (χ2v) is 5.85. The maximum absolute atomic E-state index is 12.6. The summed E-state index contributed by atoms with van der Waals surface area (Å²) in [4.78, 5) is 24.7. The Morgan fingerprint density at radius 3 is 2.48 bits per heavy atom. The summed E-state index contributed by atoms with van der Waals surface area (Å²) in [6.45, 7) is 5.73. The van der Waals surface area contributed by atoms with Gasteiger partial charge in [-0.2, -0.15) is 0 Å². The van der Waals surface area contributed by atoms with E-state index in [2.05, 4.69) is 16.6 Å². The van der Waals surface area contributed by atoms with Gasteiger partial charge >= 0.3 is 0 Å². The van der Waals surface area contributed by atoms with Gasteiger partial charge in [-0.15, -0.1) is 6.42 Å². The zero-order chi connectivity index (χ0) is 18.4. The van der Waals surface area contributed by atoms with Crippen LogP contribution in [0, 0.1) is 19.3 Å². The van der Waals surface area contributed by atoms with E-state index in [9.17, 15) is 9.59 Å². The molecular formula is C20H22N2O3. The highest BCUT2D eigenvalue weighted by atomic mass is 16.3. The highest BCUT2D eigenvalue weighted by molar-refractivity contribution is 6.04. The van der Waals surface area contributed by atoms with Crippen LogP contribution in [0.25, 0.3) is 0 Å². The van der Waals surface area contributed by atoms with Crippen molar-refractivity contribution < 1.29 is 14.0 Å². The number of rotatable bonds is 6. The molecule has 0 aliphatic carbocycles. The van der Waals surface area contributed by atoms with E-state index in [0.717, 1.165) is 5.56 Å². The molecule has 0 radical (unpaired) electrons. The Morgan fingerprint density at radius 1 is 1.20 bits per heavy atom. The molecule has 0 saturated heterocycles. The van der Waals surface area contributed by atoms with E-state index in [0.29, 0.717) is 24.1 Å². The van der Waals surface area contributed by atoms with Crippen molar-refractivity contribution in [1.82, 2.24) is 5.32 Å². The van der Waals surface area contributed by atoms with Crippen LogP contribution in [-0.4, -0.2) is 17.4 Å². The van der Waals surface area contributed by atoms with Crippen molar-refractivity contribution in [2.45, 2.75) is 39.2 Å². The smallest absolute Gasteiger partial charge is 0.291 e. The third-order valence-electron chi connectivity index (χ3n) is 4.33. The molecule has 25 heavy (non-hydrogen) atoms. The fourth-order valence-corrected chi connectivity index (χ4v) is 2.45. The molecule has 130 valence electrons. The molecule has 5 nitrogen and oxygen atoms in total. The van der Waals surface area contributed by atoms with E-state index in [1.54, 1.807) is 30.3 Å². The fourth-order valence-electron chi connectivity index (χ4n) is 2.45. The van der Waals surface area contributed by atoms with Crippen molar-refractivity contribution in [3.8, 4) is 12.3 Å². The fraction of sp³-hybridized carbons (Fsp3) is 0.300. The zero-order valence-electron chi connectivity index (χ0n) is 14.7. The number of furan rings is 1. The summed E-state index contributed by atoms with van der Waals surface area (Å²) in [7, 11) is 0. The third-order valence-corrected chi connectivity index (χ3v) is 4.33. The third kappa shape index (κ3) is 4.10. The predicted octanol–water partition coefficient (Wildman–Crippen LogP) is 3.76. The molecule has 0 bridgehead atoms. The molecule has 0 atom stereocenters. The van der Waals surface area contributed by atoms with Gasteiger partial charge in [0.05, 0.1) is 6.26 Å². The van der Waals surface area contributed by atoms with Crippen LogP contribution in [0.15, 0.2) is 41.0 Å². The lowest BCUT2D eigenvalue weighted by atomic mass is 9.93. The minimum Gasteiger partial charge on any atom is -0.459 e. The Balaban J connectivity index is 2.22. The van der Waals surface area contributed by atoms with Gasteiger partial charge < -0.3 is 15.1 Å². The molecule has 0 unspecified atom stereocenters. The van der Waals surface area contributed by atoms with Gasteiger partial charge in [0, 0.05) is 11.3 Å². The summed E-state index contributed by atoms with van der Waals surface area (Å²) in [6.07, 6.45) is 8.31. The molecule has 2 aromatic rings. The number of anilines is 1. The van der Waals surface area contributed by atoms with Crippen LogP contribution < -0.4 is 10.6 Å². The minimum absolute atomic E-state index is 0.206. The second kappa shape index (κ2) is 7.71. The number of hydrogen-bond acceptors (Lipinski definition) is 3. The quantitative estimate of drug-likeness (QED) is 0.788. The van der Waals surface area contributed by atoms with Crippen LogP contribution in [0.3, 0.4) is 0 Å². The van der Waals surface area contributed by atoms with Crippen LogP contribution in [-0.2, 0) is 0 Å². The number of amides is 2. The molecule has 0 aliphatic rings. The van der Waals surface area contributed by atoms with Gasteiger partial charge in [-0.05, 0) is 49.6 Å². The zero-order valence-corrected chi connectivity index (χ0v) is 14.7. The molecule has 2 amide bonds. The number of carbonyl (C=O) groups excluding carboxylic acids is 2. The van der Waals surface area contributed by atoms with Gasteiger partial charge in [0.15, 0.2) is 5.76 Å². The van der Waals surface area contributed by atoms with Gasteiger partial charge in [-0.25, -0.2) is 0 Å². The Kier molecular flexibility index (Phi) is 5.66. The monoisotopic (exact) mass is 338 g/mol. The van der Waals surface area contributed by atoms with Crippen molar-refractivity contribution in [1.29, 1.82) is 0 Å². The second-order valence-electron chi connectivity index (χ2n) is 5.85. The topological polar surface area (TPSA) is 71.3 Å². The van der Waals surface area contributed by atoms with E-state index in [4.69, 9.17) is 10.8 Å². The molecule has 1 aromatic heterocycles. The first kappa shape index (κ1) is 18.3. The average molecular weight is 338 g/mol. The van der Waals surface area contributed by atoms with Gasteiger partial charge in [-0.3, -0.25) is 9.59 Å². The molecular weight excluding hydrogens is 316 g/mol. The molecule has 0 fully saturated rings. The van der Waals surface area contributed by atoms with Gasteiger partial charge in [0.2, 0.25) is 0 Å². The SMILES string of the molecule is C#CC(CC)(CC)NC(=O)c1ccc(C)c(NC(=O)c2ccco2)c1. The van der Waals surface area contributed by atoms with Crippen molar-refractivity contribution >= 4 is 17.5 Å². The Hall–Kier alpha value is -3.00. The Labute approximate surface area is 147 Å². The number of hydrogen-bond donors (Lipinski definition) is 2. The number of carbonyl (C=O) groups is 2. The number of terminal acetylenes is 1. The molecule has 0 saturated carbocycles. The summed E-state index contributed by atoms with van der Waals surface area (Å²) in [5, 5.41) is 5.68. The highest BCUT2D eigenvalue weighted by Crippen LogP contribution is 2.20. The number of aryl methyl sites for hydroxylation is 1. The Morgan fingerprint density at radius 2 is 1.92 bits per heavy atom. The summed E-state index contributed by atoms with van der Waals surface area (Å²) in [5.41, 5.74) is 1.15. The number of benzene rings is 1. The molecule has 0 spiro atoms. The first-order valence-electron chi connectivity index (χ1n) is 8.20. The van der Waals surface area contributed by atoms with E-state index in [1.165, 1.54) is 6.26 Å². The van der Waals surface area contributed by atoms with E-state index in [-0.39, 0.29) is 17.6 Å². The van der Waals surface area contributed by atoms with Gasteiger partial charge in [0.1, 0.15) is 5.54 Å². The predicted molar refractivity (Wildman–Crippen MR) is 97.5 cm³/mol. The van der Waals surface area contributed by atoms with Crippen molar-refractivity contribution in [2.75, 3.05) is 5.32 Å². The molecule has 0 aliphatic heterocycles. The van der Waals surface area contributed by atoms with Gasteiger partial charge in [0.25, 0.3) is 11.8 Å². The maximum Gasteiger partial charge on any atom is 0.291 e. The molecule has 1 aromatic carbocycles. The van der Waals surface area contributed by atoms with Crippen LogP contribution in [0.1, 0.15) is 53.2 Å². The number of nitrogens with one attached hydrogen (secondary N) is 2. The van der Waals surface area contributed by atoms with Crippen LogP contribution >= 0.6 is 0 Å². The summed E-state index contributed by atoms with van der Waals surface area (Å²) >= 11 is 0. The van der Waals surface area contributed by atoms with Gasteiger partial charge in [-0.1, -0.05) is 25.8 Å². The summed E-state index contributed by atoms with van der Waals surface area (Å²) in [6, 6.07) is 8.34. The van der Waals surface area contributed by atoms with Crippen molar-refractivity contribution in [3.05, 3.63) is 53.5 Å². The largest absolute Gasteiger partial charge is 0.459 e. The van der Waals surface area contributed by atoms with Crippen molar-refractivity contribution in [3.63, 3.8) is 0 Å². The first-order chi connectivity index (χ1) is 11.9. The van der Waals surface area contributed by atoms with E-state index >= 15 is 0 Å². The van der Waals surface area contributed by atoms with E-state index in [1.807, 2.05) is 20.8 Å². The lowest BCUT2D eigenvalue weighted by Crippen LogP contribution is -2.46. The van der Waals surface area contributed by atoms with Crippen LogP contribution in [0.2, 0.25) is 0 Å². The highest BCUT2D eigenvalue weighted by Gasteiger charge is 2.26.